The molecule has 0 heterocycles. The van der Waals surface area contributed by atoms with Crippen molar-refractivity contribution in [3.63, 3.8) is 0 Å². The summed E-state index contributed by atoms with van der Waals surface area (Å²) in [7, 11) is 1.58. The highest BCUT2D eigenvalue weighted by Gasteiger charge is 2.22. The van der Waals surface area contributed by atoms with Crippen LogP contribution in [-0.4, -0.2) is 24.8 Å². The third-order valence-corrected chi connectivity index (χ3v) is 3.84. The zero-order chi connectivity index (χ0) is 16.8. The maximum atomic E-state index is 11.6. The van der Waals surface area contributed by atoms with E-state index in [-0.39, 0.29) is 0 Å². The number of carbonyl (C=O) groups is 1. The highest BCUT2D eigenvalue weighted by molar-refractivity contribution is 5.76. The topological polar surface area (TPSA) is 55.8 Å². The summed E-state index contributed by atoms with van der Waals surface area (Å²) >= 11 is 0. The van der Waals surface area contributed by atoms with Crippen LogP contribution in [0.1, 0.15) is 29.0 Å². The first-order valence-corrected chi connectivity index (χ1v) is 7.58. The number of carboxylic acids is 1. The lowest BCUT2D eigenvalue weighted by Crippen LogP contribution is -2.16. The van der Waals surface area contributed by atoms with Crippen LogP contribution in [0.4, 0.5) is 0 Å². The molecule has 0 spiro atoms. The summed E-state index contributed by atoms with van der Waals surface area (Å²) in [5.41, 5.74) is 2.89. The van der Waals surface area contributed by atoms with E-state index in [2.05, 4.69) is 0 Å². The first-order valence-electron chi connectivity index (χ1n) is 7.58. The van der Waals surface area contributed by atoms with E-state index in [0.717, 1.165) is 16.7 Å². The molecule has 0 amide bonds. The van der Waals surface area contributed by atoms with Crippen LogP contribution < -0.4 is 9.47 Å². The molecule has 0 aromatic heterocycles. The molecule has 0 radical (unpaired) electrons. The number of hydrogen-bond donors (Lipinski definition) is 1. The standard InChI is InChI=1S/C19H22O4/c1-13-8-9-14(2)16(12-13)15(19(20)21)10-11-23-18-7-5-4-6-17(18)22-3/h4-9,12,15H,10-11H2,1-3H3,(H,20,21). The smallest absolute Gasteiger partial charge is 0.311 e. The molecule has 0 aliphatic carbocycles. The highest BCUT2D eigenvalue weighted by Crippen LogP contribution is 2.28. The molecule has 0 saturated heterocycles. The van der Waals surface area contributed by atoms with Gasteiger partial charge in [-0.05, 0) is 43.5 Å². The Bertz CT molecular complexity index is 679. The van der Waals surface area contributed by atoms with E-state index in [1.165, 1.54) is 0 Å². The van der Waals surface area contributed by atoms with Gasteiger partial charge in [0.1, 0.15) is 0 Å². The largest absolute Gasteiger partial charge is 0.493 e. The van der Waals surface area contributed by atoms with E-state index < -0.39 is 11.9 Å². The maximum Gasteiger partial charge on any atom is 0.311 e. The van der Waals surface area contributed by atoms with Crippen molar-refractivity contribution in [1.82, 2.24) is 0 Å². The summed E-state index contributed by atoms with van der Waals surface area (Å²) in [5, 5.41) is 9.56. The summed E-state index contributed by atoms with van der Waals surface area (Å²) in [6.45, 7) is 4.21. The normalized spacial score (nSPS) is 11.8. The third kappa shape index (κ3) is 4.25. The van der Waals surface area contributed by atoms with Crippen LogP contribution in [0.3, 0.4) is 0 Å². The van der Waals surface area contributed by atoms with Gasteiger partial charge in [-0.2, -0.15) is 0 Å². The molecule has 1 N–H and O–H groups in total. The van der Waals surface area contributed by atoms with Crippen LogP contribution >= 0.6 is 0 Å². The minimum absolute atomic E-state index is 0.310. The number of aryl methyl sites for hydroxylation is 2. The van der Waals surface area contributed by atoms with Gasteiger partial charge in [0.25, 0.3) is 0 Å². The predicted molar refractivity (Wildman–Crippen MR) is 89.4 cm³/mol. The maximum absolute atomic E-state index is 11.6. The van der Waals surface area contributed by atoms with Gasteiger partial charge >= 0.3 is 5.97 Å². The molecule has 2 rings (SSSR count). The van der Waals surface area contributed by atoms with E-state index in [0.29, 0.717) is 24.5 Å². The number of methoxy groups -OCH3 is 1. The van der Waals surface area contributed by atoms with Gasteiger partial charge in [0.15, 0.2) is 11.5 Å². The number of aliphatic carboxylic acids is 1. The van der Waals surface area contributed by atoms with Crippen LogP contribution in [0, 0.1) is 13.8 Å². The molecule has 2 aromatic rings. The van der Waals surface area contributed by atoms with Crippen LogP contribution in [-0.2, 0) is 4.79 Å². The molecule has 23 heavy (non-hydrogen) atoms. The van der Waals surface area contributed by atoms with Gasteiger partial charge < -0.3 is 14.6 Å². The zero-order valence-corrected chi connectivity index (χ0v) is 13.7. The number of ether oxygens (including phenoxy) is 2. The second kappa shape index (κ2) is 7.68. The Morgan fingerprint density at radius 3 is 2.48 bits per heavy atom. The van der Waals surface area contributed by atoms with E-state index >= 15 is 0 Å². The molecule has 2 aromatic carbocycles. The number of rotatable bonds is 7. The molecule has 0 aliphatic heterocycles. The van der Waals surface area contributed by atoms with Crippen molar-refractivity contribution in [2.45, 2.75) is 26.2 Å². The SMILES string of the molecule is COc1ccccc1OCCC(C(=O)O)c1cc(C)ccc1C. The van der Waals surface area contributed by atoms with Gasteiger partial charge in [-0.25, -0.2) is 0 Å². The van der Waals surface area contributed by atoms with Crippen molar-refractivity contribution in [1.29, 1.82) is 0 Å². The minimum Gasteiger partial charge on any atom is -0.493 e. The molecular formula is C19H22O4. The third-order valence-electron chi connectivity index (χ3n) is 3.84. The van der Waals surface area contributed by atoms with Gasteiger partial charge in [0.05, 0.1) is 19.6 Å². The Balaban J connectivity index is 2.09. The van der Waals surface area contributed by atoms with E-state index in [1.54, 1.807) is 7.11 Å². The Labute approximate surface area is 136 Å². The van der Waals surface area contributed by atoms with Crippen molar-refractivity contribution >= 4 is 5.97 Å². The summed E-state index contributed by atoms with van der Waals surface area (Å²) < 4.78 is 10.9. The molecule has 4 nitrogen and oxygen atoms in total. The van der Waals surface area contributed by atoms with Gasteiger partial charge in [0, 0.05) is 0 Å². The van der Waals surface area contributed by atoms with Gasteiger partial charge in [-0.1, -0.05) is 35.9 Å². The number of para-hydroxylation sites is 2. The lowest BCUT2D eigenvalue weighted by molar-refractivity contribution is -0.139. The molecule has 0 bridgehead atoms. The van der Waals surface area contributed by atoms with Gasteiger partial charge in [-0.3, -0.25) is 4.79 Å². The number of hydrogen-bond acceptors (Lipinski definition) is 3. The first-order chi connectivity index (χ1) is 11.0. The molecule has 0 aliphatic rings. The van der Waals surface area contributed by atoms with Crippen LogP contribution in [0.15, 0.2) is 42.5 Å². The molecule has 0 saturated carbocycles. The quantitative estimate of drug-likeness (QED) is 0.840. The van der Waals surface area contributed by atoms with Crippen molar-refractivity contribution < 1.29 is 19.4 Å². The average Bonchev–Trinajstić information content (AvgIpc) is 2.54. The summed E-state index contributed by atoms with van der Waals surface area (Å²) in [4.78, 5) is 11.6. The summed E-state index contributed by atoms with van der Waals surface area (Å²) in [6.07, 6.45) is 0.400. The zero-order valence-electron chi connectivity index (χ0n) is 13.7. The molecule has 0 fully saturated rings. The Morgan fingerprint density at radius 2 is 1.83 bits per heavy atom. The van der Waals surface area contributed by atoms with Crippen molar-refractivity contribution in [2.75, 3.05) is 13.7 Å². The Hall–Kier alpha value is -2.49. The summed E-state index contributed by atoms with van der Waals surface area (Å²) in [6, 6.07) is 13.2. The Kier molecular flexibility index (Phi) is 5.63. The highest BCUT2D eigenvalue weighted by atomic mass is 16.5. The van der Waals surface area contributed by atoms with Crippen molar-refractivity contribution in [3.8, 4) is 11.5 Å². The fraction of sp³-hybridized carbons (Fsp3) is 0.316. The van der Waals surface area contributed by atoms with Crippen LogP contribution in [0.25, 0.3) is 0 Å². The molecule has 122 valence electrons. The Morgan fingerprint density at radius 1 is 1.13 bits per heavy atom. The predicted octanol–water partition coefficient (Wildman–Crippen LogP) is 3.95. The number of benzene rings is 2. The van der Waals surface area contributed by atoms with Gasteiger partial charge in [-0.15, -0.1) is 0 Å². The fourth-order valence-corrected chi connectivity index (χ4v) is 2.57. The van der Waals surface area contributed by atoms with Crippen LogP contribution in [0.2, 0.25) is 0 Å². The second-order valence-electron chi connectivity index (χ2n) is 5.54. The lowest BCUT2D eigenvalue weighted by atomic mass is 9.91. The van der Waals surface area contributed by atoms with E-state index in [1.807, 2.05) is 56.3 Å². The molecule has 1 unspecified atom stereocenters. The fourth-order valence-electron chi connectivity index (χ4n) is 2.57. The molecule has 4 heteroatoms. The average molecular weight is 314 g/mol. The summed E-state index contributed by atoms with van der Waals surface area (Å²) in [5.74, 6) is -0.141. The van der Waals surface area contributed by atoms with Gasteiger partial charge in [0.2, 0.25) is 0 Å². The van der Waals surface area contributed by atoms with Crippen LogP contribution in [0.5, 0.6) is 11.5 Å². The molecular weight excluding hydrogens is 292 g/mol. The minimum atomic E-state index is -0.831. The monoisotopic (exact) mass is 314 g/mol. The number of carboxylic acid groups (broad SMARTS) is 1. The van der Waals surface area contributed by atoms with E-state index in [9.17, 15) is 9.90 Å². The van der Waals surface area contributed by atoms with Crippen molar-refractivity contribution in [3.05, 3.63) is 59.2 Å². The molecule has 1 atom stereocenters. The lowest BCUT2D eigenvalue weighted by Gasteiger charge is -2.17. The first kappa shape index (κ1) is 16.9. The second-order valence-corrected chi connectivity index (χ2v) is 5.54. The van der Waals surface area contributed by atoms with Crippen molar-refractivity contribution in [2.24, 2.45) is 0 Å². The van der Waals surface area contributed by atoms with E-state index in [4.69, 9.17) is 9.47 Å².